The van der Waals surface area contributed by atoms with Gasteiger partial charge in [0.25, 0.3) is 5.91 Å². The summed E-state index contributed by atoms with van der Waals surface area (Å²) in [6, 6.07) is 18.9. The van der Waals surface area contributed by atoms with Crippen molar-refractivity contribution >= 4 is 22.6 Å². The number of hydrogen-bond acceptors (Lipinski definition) is 6. The van der Waals surface area contributed by atoms with Crippen LogP contribution in [0.15, 0.2) is 73.1 Å². The fraction of sp³-hybridized carbons (Fsp3) is 0.286. The predicted octanol–water partition coefficient (Wildman–Crippen LogP) is 4.64. The second kappa shape index (κ2) is 11.7. The van der Waals surface area contributed by atoms with E-state index < -0.39 is 6.36 Å². The Morgan fingerprint density at radius 1 is 1.10 bits per heavy atom. The monoisotopic (exact) mass is 539 g/mol. The number of aromatic nitrogens is 2. The van der Waals surface area contributed by atoms with Crippen molar-refractivity contribution in [3.05, 3.63) is 84.2 Å². The van der Waals surface area contributed by atoms with Crippen molar-refractivity contribution in [1.29, 1.82) is 0 Å². The SMILES string of the molecule is O=C(NCCC1CNCCO1)c1ccc2c(c1)ncn2-c1ccc(NCc2ccc(OC(F)(F)F)cc2)cc1. The standard InChI is InChI=1S/C28H28F3N5O3/c29-28(30,31)39-23-8-1-19(2-9-23)16-34-21-4-6-22(7-5-21)36-18-35-25-15-20(3-10-26(25)36)27(37)33-12-11-24-17-32-13-14-38-24/h1-10,15,18,24,32,34H,11-14,16-17H2,(H,33,37). The van der Waals surface area contributed by atoms with Crippen LogP contribution in [0.4, 0.5) is 18.9 Å². The van der Waals surface area contributed by atoms with Gasteiger partial charge >= 0.3 is 6.36 Å². The normalized spacial score (nSPS) is 15.7. The van der Waals surface area contributed by atoms with E-state index in [9.17, 15) is 18.0 Å². The third-order valence-electron chi connectivity index (χ3n) is 6.36. The third kappa shape index (κ3) is 7.06. The number of amides is 1. The van der Waals surface area contributed by atoms with Crippen LogP contribution in [-0.2, 0) is 11.3 Å². The molecule has 204 valence electrons. The summed E-state index contributed by atoms with van der Waals surface area (Å²) in [7, 11) is 0. The van der Waals surface area contributed by atoms with Gasteiger partial charge in [-0.25, -0.2) is 4.98 Å². The lowest BCUT2D eigenvalue weighted by atomic mass is 10.1. The molecule has 1 fully saturated rings. The summed E-state index contributed by atoms with van der Waals surface area (Å²) in [5.74, 6) is -0.397. The van der Waals surface area contributed by atoms with Gasteiger partial charge in [0.15, 0.2) is 0 Å². The first-order valence-corrected chi connectivity index (χ1v) is 12.6. The molecule has 5 rings (SSSR count). The van der Waals surface area contributed by atoms with Crippen molar-refractivity contribution in [3.8, 4) is 11.4 Å². The van der Waals surface area contributed by atoms with Crippen molar-refractivity contribution in [3.63, 3.8) is 0 Å². The molecule has 1 atom stereocenters. The fourth-order valence-corrected chi connectivity index (χ4v) is 4.37. The molecule has 39 heavy (non-hydrogen) atoms. The molecule has 1 saturated heterocycles. The average Bonchev–Trinajstić information content (AvgIpc) is 3.36. The molecule has 11 heteroatoms. The summed E-state index contributed by atoms with van der Waals surface area (Å²) in [4.78, 5) is 17.1. The number of benzene rings is 3. The Bertz CT molecular complexity index is 1400. The summed E-state index contributed by atoms with van der Waals surface area (Å²) in [5, 5.41) is 9.48. The molecule has 1 unspecified atom stereocenters. The lowest BCUT2D eigenvalue weighted by Gasteiger charge is -2.23. The lowest BCUT2D eigenvalue weighted by Crippen LogP contribution is -2.40. The molecule has 1 amide bonds. The lowest BCUT2D eigenvalue weighted by molar-refractivity contribution is -0.274. The maximum atomic E-state index is 12.6. The smallest absolute Gasteiger partial charge is 0.406 e. The molecule has 0 spiro atoms. The second-order valence-corrected chi connectivity index (χ2v) is 9.15. The number of anilines is 1. The molecule has 3 N–H and O–H groups in total. The minimum atomic E-state index is -4.71. The average molecular weight is 540 g/mol. The Balaban J connectivity index is 1.17. The van der Waals surface area contributed by atoms with E-state index >= 15 is 0 Å². The molecule has 1 aliphatic rings. The number of morpholine rings is 1. The van der Waals surface area contributed by atoms with E-state index in [2.05, 4.69) is 25.7 Å². The van der Waals surface area contributed by atoms with Crippen LogP contribution in [-0.4, -0.2) is 54.2 Å². The van der Waals surface area contributed by atoms with Gasteiger partial charge in [-0.15, -0.1) is 13.2 Å². The van der Waals surface area contributed by atoms with Crippen LogP contribution in [0.1, 0.15) is 22.3 Å². The Labute approximate surface area is 223 Å². The predicted molar refractivity (Wildman–Crippen MR) is 141 cm³/mol. The van der Waals surface area contributed by atoms with Gasteiger partial charge in [-0.2, -0.15) is 0 Å². The van der Waals surface area contributed by atoms with Crippen LogP contribution < -0.4 is 20.7 Å². The first-order chi connectivity index (χ1) is 18.8. The molecule has 0 aliphatic carbocycles. The largest absolute Gasteiger partial charge is 0.573 e. The highest BCUT2D eigenvalue weighted by molar-refractivity contribution is 5.97. The summed E-state index contributed by atoms with van der Waals surface area (Å²) < 4.78 is 48.4. The number of halogens is 3. The van der Waals surface area contributed by atoms with Gasteiger partial charge < -0.3 is 25.4 Å². The number of fused-ring (bicyclic) bond motifs is 1. The van der Waals surface area contributed by atoms with Crippen LogP contribution in [0.2, 0.25) is 0 Å². The molecule has 0 saturated carbocycles. The maximum absolute atomic E-state index is 12.6. The highest BCUT2D eigenvalue weighted by Gasteiger charge is 2.30. The number of carbonyl (C=O) groups excluding carboxylic acids is 1. The van der Waals surface area contributed by atoms with Crippen LogP contribution in [0.5, 0.6) is 5.75 Å². The van der Waals surface area contributed by atoms with Crippen molar-refractivity contribution in [2.75, 3.05) is 31.6 Å². The zero-order chi connectivity index (χ0) is 27.2. The molecule has 0 radical (unpaired) electrons. The van der Waals surface area contributed by atoms with Crippen molar-refractivity contribution in [2.24, 2.45) is 0 Å². The molecule has 3 aromatic carbocycles. The highest BCUT2D eigenvalue weighted by Crippen LogP contribution is 2.24. The Morgan fingerprint density at radius 3 is 2.62 bits per heavy atom. The molecule has 2 heterocycles. The summed E-state index contributed by atoms with van der Waals surface area (Å²) >= 11 is 0. The number of imidazole rings is 1. The van der Waals surface area contributed by atoms with Gasteiger partial charge in [-0.05, 0) is 66.6 Å². The van der Waals surface area contributed by atoms with E-state index in [1.165, 1.54) is 12.1 Å². The molecular weight excluding hydrogens is 511 g/mol. The quantitative estimate of drug-likeness (QED) is 0.287. The van der Waals surface area contributed by atoms with E-state index in [0.29, 0.717) is 30.8 Å². The summed E-state index contributed by atoms with van der Waals surface area (Å²) in [6.07, 6.45) is -2.12. The molecule has 8 nitrogen and oxygen atoms in total. The van der Waals surface area contributed by atoms with Gasteiger partial charge in [0, 0.05) is 43.1 Å². The molecular formula is C28H28F3N5O3. The minimum absolute atomic E-state index is 0.118. The number of nitrogens with zero attached hydrogens (tertiary/aromatic N) is 2. The summed E-state index contributed by atoms with van der Waals surface area (Å²) in [5.41, 5.74) is 4.70. The van der Waals surface area contributed by atoms with Crippen LogP contribution in [0.3, 0.4) is 0 Å². The van der Waals surface area contributed by atoms with E-state index in [1.54, 1.807) is 30.6 Å². The summed E-state index contributed by atoms with van der Waals surface area (Å²) in [6.45, 7) is 3.33. The zero-order valence-electron chi connectivity index (χ0n) is 21.0. The first-order valence-electron chi connectivity index (χ1n) is 12.6. The first kappa shape index (κ1) is 26.5. The van der Waals surface area contributed by atoms with Gasteiger partial charge in [0.05, 0.1) is 23.7 Å². The van der Waals surface area contributed by atoms with Crippen LogP contribution >= 0.6 is 0 Å². The van der Waals surface area contributed by atoms with E-state index in [-0.39, 0.29) is 17.8 Å². The topological polar surface area (TPSA) is 89.4 Å². The Hall–Kier alpha value is -4.09. The molecule has 1 aromatic heterocycles. The van der Waals surface area contributed by atoms with E-state index in [0.717, 1.165) is 42.0 Å². The number of rotatable bonds is 9. The van der Waals surface area contributed by atoms with Crippen molar-refractivity contribution < 1.29 is 27.4 Å². The number of hydrogen-bond donors (Lipinski definition) is 3. The third-order valence-corrected chi connectivity index (χ3v) is 6.36. The minimum Gasteiger partial charge on any atom is -0.406 e. The van der Waals surface area contributed by atoms with E-state index in [4.69, 9.17) is 4.74 Å². The van der Waals surface area contributed by atoms with Crippen molar-refractivity contribution in [2.45, 2.75) is 25.4 Å². The van der Waals surface area contributed by atoms with Crippen LogP contribution in [0.25, 0.3) is 16.7 Å². The zero-order valence-corrected chi connectivity index (χ0v) is 21.0. The van der Waals surface area contributed by atoms with Gasteiger partial charge in [0.2, 0.25) is 0 Å². The molecule has 0 bridgehead atoms. The number of ether oxygens (including phenoxy) is 2. The Kier molecular flexibility index (Phi) is 7.99. The maximum Gasteiger partial charge on any atom is 0.573 e. The molecule has 4 aromatic rings. The highest BCUT2D eigenvalue weighted by atomic mass is 19.4. The van der Waals surface area contributed by atoms with E-state index in [1.807, 2.05) is 34.9 Å². The van der Waals surface area contributed by atoms with Gasteiger partial charge in [-0.1, -0.05) is 12.1 Å². The van der Waals surface area contributed by atoms with Gasteiger partial charge in [-0.3, -0.25) is 9.36 Å². The molecule has 1 aliphatic heterocycles. The second-order valence-electron chi connectivity index (χ2n) is 9.15. The van der Waals surface area contributed by atoms with Gasteiger partial charge in [0.1, 0.15) is 12.1 Å². The fourth-order valence-electron chi connectivity index (χ4n) is 4.37. The number of nitrogens with one attached hydrogen (secondary N) is 3. The van der Waals surface area contributed by atoms with Crippen LogP contribution in [0, 0.1) is 0 Å². The Morgan fingerprint density at radius 2 is 1.90 bits per heavy atom. The number of alkyl halides is 3. The van der Waals surface area contributed by atoms with Crippen molar-refractivity contribution in [1.82, 2.24) is 20.2 Å². The number of carbonyl (C=O) groups is 1.